The second-order valence-electron chi connectivity index (χ2n) is 12.8. The molecule has 1 aromatic carbocycles. The molecule has 0 saturated carbocycles. The van der Waals surface area contributed by atoms with E-state index in [4.69, 9.17) is 0 Å². The molecule has 15 heteroatoms. The van der Waals surface area contributed by atoms with Gasteiger partial charge in [-0.25, -0.2) is 9.37 Å². The quantitative estimate of drug-likeness (QED) is 0.356. The van der Waals surface area contributed by atoms with Crippen molar-refractivity contribution in [3.8, 4) is 0 Å². The second-order valence-corrected chi connectivity index (χ2v) is 12.8. The van der Waals surface area contributed by atoms with Crippen LogP contribution >= 0.6 is 0 Å². The highest BCUT2D eigenvalue weighted by Crippen LogP contribution is 2.41. The van der Waals surface area contributed by atoms with Crippen molar-refractivity contribution < 1.29 is 36.7 Å². The number of piperazine rings is 2. The number of halogens is 4. The maximum atomic E-state index is 15.6. The van der Waals surface area contributed by atoms with Gasteiger partial charge in [-0.05, 0) is 44.2 Å². The molecule has 4 aliphatic rings. The van der Waals surface area contributed by atoms with Crippen molar-refractivity contribution in [3.05, 3.63) is 60.1 Å². The summed E-state index contributed by atoms with van der Waals surface area (Å²) < 4.78 is 56.8. The van der Waals surface area contributed by atoms with Gasteiger partial charge in [-0.1, -0.05) is 12.6 Å². The summed E-state index contributed by atoms with van der Waals surface area (Å²) in [5.74, 6) is -3.03. The van der Waals surface area contributed by atoms with Crippen molar-refractivity contribution in [3.63, 3.8) is 0 Å². The molecule has 256 valence electrons. The van der Waals surface area contributed by atoms with Crippen LogP contribution in [0.25, 0.3) is 0 Å². The molecule has 5 heterocycles. The Kier molecular flexibility index (Phi) is 8.68. The van der Waals surface area contributed by atoms with Gasteiger partial charge >= 0.3 is 6.18 Å². The average molecular weight is 672 g/mol. The number of alkyl halides is 3. The molecule has 3 fully saturated rings. The largest absolute Gasteiger partial charge is 0.416 e. The summed E-state index contributed by atoms with van der Waals surface area (Å²) in [5, 5.41) is 0. The Balaban J connectivity index is 1.28. The number of aromatic nitrogens is 1. The Hall–Kier alpha value is -4.53. The fraction of sp³-hybridized carbons (Fsp3) is 0.485. The number of para-hydroxylation sites is 1. The van der Waals surface area contributed by atoms with Crippen molar-refractivity contribution >= 4 is 40.8 Å². The van der Waals surface area contributed by atoms with Gasteiger partial charge in [-0.3, -0.25) is 29.0 Å². The van der Waals surface area contributed by atoms with Crippen LogP contribution in [0.1, 0.15) is 24.6 Å². The number of hydrogen-bond acceptors (Lipinski definition) is 7. The lowest BCUT2D eigenvalue weighted by atomic mass is 9.95. The van der Waals surface area contributed by atoms with E-state index >= 15 is 4.39 Å². The van der Waals surface area contributed by atoms with Crippen molar-refractivity contribution in [2.45, 2.75) is 44.6 Å². The third-order valence-electron chi connectivity index (χ3n) is 9.85. The zero-order valence-corrected chi connectivity index (χ0v) is 26.9. The highest BCUT2D eigenvalue weighted by molar-refractivity contribution is 6.10. The van der Waals surface area contributed by atoms with E-state index in [1.807, 2.05) is 0 Å². The maximum absolute atomic E-state index is 15.6. The van der Waals surface area contributed by atoms with E-state index in [1.165, 1.54) is 42.0 Å². The Morgan fingerprint density at radius 1 is 1.06 bits per heavy atom. The molecule has 0 N–H and O–H groups in total. The minimum absolute atomic E-state index is 0.0444. The Bertz CT molecular complexity index is 1670. The highest BCUT2D eigenvalue weighted by atomic mass is 19.4. The number of aryl methyl sites for hydroxylation is 1. The third kappa shape index (κ3) is 5.88. The number of hydrogen-bond donors (Lipinski definition) is 0. The van der Waals surface area contributed by atoms with Crippen LogP contribution in [0.2, 0.25) is 0 Å². The fourth-order valence-corrected chi connectivity index (χ4v) is 7.46. The van der Waals surface area contributed by atoms with E-state index in [9.17, 15) is 32.3 Å². The first kappa shape index (κ1) is 33.4. The zero-order chi connectivity index (χ0) is 34.7. The lowest BCUT2D eigenvalue weighted by molar-refractivity contribution is -0.155. The molecule has 0 spiro atoms. The van der Waals surface area contributed by atoms with Gasteiger partial charge in [0.05, 0.1) is 23.0 Å². The van der Waals surface area contributed by atoms with E-state index in [1.54, 1.807) is 22.8 Å². The molecular weight excluding hydrogens is 634 g/mol. The number of fused-ring (bicyclic) bond motifs is 3. The van der Waals surface area contributed by atoms with E-state index in [0.717, 1.165) is 17.0 Å². The minimum atomic E-state index is -4.69. The molecule has 4 atom stereocenters. The predicted molar refractivity (Wildman–Crippen MR) is 169 cm³/mol. The fourth-order valence-electron chi connectivity index (χ4n) is 7.46. The molecule has 4 amide bonds. The molecule has 3 saturated heterocycles. The van der Waals surface area contributed by atoms with Crippen molar-refractivity contribution in [2.24, 2.45) is 5.92 Å². The van der Waals surface area contributed by atoms with Crippen molar-refractivity contribution in [1.29, 1.82) is 0 Å². The molecule has 48 heavy (non-hydrogen) atoms. The van der Waals surface area contributed by atoms with Gasteiger partial charge in [0.2, 0.25) is 23.6 Å². The summed E-state index contributed by atoms with van der Waals surface area (Å²) in [5.41, 5.74) is -0.480. The molecular formula is C33H37F4N7O4. The second kappa shape index (κ2) is 12.5. The number of benzene rings is 1. The summed E-state index contributed by atoms with van der Waals surface area (Å²) >= 11 is 0. The van der Waals surface area contributed by atoms with Crippen LogP contribution in [0.15, 0.2) is 43.0 Å². The zero-order valence-electron chi connectivity index (χ0n) is 26.9. The van der Waals surface area contributed by atoms with E-state index < -0.39 is 47.4 Å². The first-order valence-corrected chi connectivity index (χ1v) is 15.8. The van der Waals surface area contributed by atoms with Gasteiger partial charge in [0.1, 0.15) is 23.7 Å². The number of likely N-dealkylation sites (N-methyl/N-ethyl adjacent to an activating group) is 1. The summed E-state index contributed by atoms with van der Waals surface area (Å²) in [6.07, 6.45) is -3.63. The third-order valence-corrected chi connectivity index (χ3v) is 9.85. The summed E-state index contributed by atoms with van der Waals surface area (Å²) in [4.78, 5) is 66.8. The van der Waals surface area contributed by atoms with Gasteiger partial charge in [-0.15, -0.1) is 0 Å². The summed E-state index contributed by atoms with van der Waals surface area (Å²) in [6.45, 7) is 9.32. The number of rotatable bonds is 5. The molecule has 0 unspecified atom stereocenters. The number of pyridine rings is 1. The lowest BCUT2D eigenvalue weighted by Gasteiger charge is -2.49. The van der Waals surface area contributed by atoms with Crippen LogP contribution in [-0.2, 0) is 25.4 Å². The number of carbonyl (C=O) groups excluding carboxylic acids is 4. The Labute approximate surface area is 275 Å². The van der Waals surface area contributed by atoms with Crippen molar-refractivity contribution in [2.75, 3.05) is 67.6 Å². The molecule has 6 rings (SSSR count). The molecule has 4 aliphatic heterocycles. The molecule has 0 bridgehead atoms. The van der Waals surface area contributed by atoms with Crippen LogP contribution in [-0.4, -0.2) is 114 Å². The number of amides is 4. The lowest BCUT2D eigenvalue weighted by Crippen LogP contribution is -2.68. The van der Waals surface area contributed by atoms with Crippen LogP contribution in [0.5, 0.6) is 0 Å². The Morgan fingerprint density at radius 3 is 2.52 bits per heavy atom. The molecule has 2 aromatic rings. The number of nitrogens with zero attached hydrogens (tertiary/aromatic N) is 7. The van der Waals surface area contributed by atoms with Gasteiger partial charge in [0, 0.05) is 70.9 Å². The standard InChI is InChI=1S/C33H37F4N7O4/c1-5-27(45)43-18-23-17-40(10-12-42(23)31(47)20(43)3)9-11-41-16-21-14-28(46)44(26-15-22(33(35,36)37)13-19(2)38-26)29(21)32(48)39(4)25-8-6-7-24(34)30(25)41/h5-8,13,15,20-21,23,29H,1,9-12,14,16-18H2,2-4H3/t20-,21-,23-,29+/m1/s1. The first-order valence-electron chi connectivity index (χ1n) is 15.8. The summed E-state index contributed by atoms with van der Waals surface area (Å²) in [7, 11) is 1.46. The average Bonchev–Trinajstić information content (AvgIpc) is 3.37. The van der Waals surface area contributed by atoms with Crippen LogP contribution in [0.4, 0.5) is 34.8 Å². The van der Waals surface area contributed by atoms with Gasteiger partial charge in [-0.2, -0.15) is 13.2 Å². The minimum Gasteiger partial charge on any atom is -0.366 e. The molecule has 1 aromatic heterocycles. The first-order chi connectivity index (χ1) is 22.7. The van der Waals surface area contributed by atoms with Gasteiger partial charge < -0.3 is 19.6 Å². The van der Waals surface area contributed by atoms with E-state index in [0.29, 0.717) is 39.3 Å². The van der Waals surface area contributed by atoms with E-state index in [-0.39, 0.29) is 53.7 Å². The van der Waals surface area contributed by atoms with E-state index in [2.05, 4.69) is 16.5 Å². The Morgan fingerprint density at radius 2 is 1.81 bits per heavy atom. The monoisotopic (exact) mass is 671 g/mol. The van der Waals surface area contributed by atoms with Crippen molar-refractivity contribution in [1.82, 2.24) is 19.7 Å². The van der Waals surface area contributed by atoms with Crippen LogP contribution < -0.4 is 14.7 Å². The molecule has 11 nitrogen and oxygen atoms in total. The maximum Gasteiger partial charge on any atom is 0.416 e. The summed E-state index contributed by atoms with van der Waals surface area (Å²) in [6, 6.07) is 4.04. The molecule has 0 radical (unpaired) electrons. The predicted octanol–water partition coefficient (Wildman–Crippen LogP) is 2.68. The number of anilines is 3. The topological polar surface area (TPSA) is 101 Å². The highest BCUT2D eigenvalue weighted by Gasteiger charge is 2.50. The normalized spacial score (nSPS) is 25.1. The van der Waals surface area contributed by atoms with Crippen LogP contribution in [0.3, 0.4) is 0 Å². The smallest absolute Gasteiger partial charge is 0.366 e. The van der Waals surface area contributed by atoms with Crippen LogP contribution in [0, 0.1) is 18.7 Å². The molecule has 0 aliphatic carbocycles. The number of carbonyl (C=O) groups is 4. The van der Waals surface area contributed by atoms with Gasteiger partial charge in [0.15, 0.2) is 0 Å². The SMILES string of the molecule is C=CC(=O)N1C[C@H]2CN(CCN3C[C@H]4CC(=O)N(c5cc(C(F)(F)F)cc(C)n5)[C@@H]4C(=O)N(C)c4cccc(F)c43)CCN2C(=O)[C@H]1C. The van der Waals surface area contributed by atoms with Gasteiger partial charge in [0.25, 0.3) is 0 Å².